The molecule has 2 rings (SSSR count). The van der Waals surface area contributed by atoms with E-state index in [9.17, 15) is 9.18 Å². The Bertz CT molecular complexity index is 585. The van der Waals surface area contributed by atoms with Gasteiger partial charge in [-0.1, -0.05) is 17.7 Å². The first-order chi connectivity index (χ1) is 11.2. The van der Waals surface area contributed by atoms with Gasteiger partial charge < -0.3 is 15.0 Å². The highest BCUT2D eigenvalue weighted by atomic mass is 35.5. The van der Waals surface area contributed by atoms with Crippen LogP contribution in [0.25, 0.3) is 0 Å². The van der Waals surface area contributed by atoms with Gasteiger partial charge in [-0.15, -0.1) is 0 Å². The standard InChI is InChI=1S/C18H26ClFN2O2/c1-12(15-8-5-13(20)11-16(15)19)21-9-10-22(14-6-7-14)17(23)24-18(2,3)4/h5,8,11-12,14,21H,6-7,9-10H2,1-4H3. The van der Waals surface area contributed by atoms with Crippen LogP contribution in [0.4, 0.5) is 9.18 Å². The lowest BCUT2D eigenvalue weighted by Crippen LogP contribution is -2.42. The second-order valence-corrected chi connectivity index (χ2v) is 7.65. The van der Waals surface area contributed by atoms with Gasteiger partial charge in [-0.25, -0.2) is 9.18 Å². The fraction of sp³-hybridized carbons (Fsp3) is 0.611. The molecule has 1 aromatic rings. The van der Waals surface area contributed by atoms with Gasteiger partial charge in [-0.05, 0) is 58.2 Å². The molecule has 0 aromatic heterocycles. The summed E-state index contributed by atoms with van der Waals surface area (Å²) in [6.45, 7) is 8.76. The van der Waals surface area contributed by atoms with Crippen molar-refractivity contribution in [3.63, 3.8) is 0 Å². The lowest BCUT2D eigenvalue weighted by atomic mass is 10.1. The summed E-state index contributed by atoms with van der Waals surface area (Å²) in [5.74, 6) is -0.346. The fourth-order valence-corrected chi connectivity index (χ4v) is 2.82. The van der Waals surface area contributed by atoms with E-state index in [1.807, 2.05) is 27.7 Å². The molecule has 0 spiro atoms. The Kier molecular flexibility index (Phi) is 6.10. The molecule has 1 fully saturated rings. The van der Waals surface area contributed by atoms with E-state index in [4.69, 9.17) is 16.3 Å². The van der Waals surface area contributed by atoms with Crippen molar-refractivity contribution in [1.29, 1.82) is 0 Å². The zero-order valence-electron chi connectivity index (χ0n) is 14.7. The first kappa shape index (κ1) is 19.0. The first-order valence-corrected chi connectivity index (χ1v) is 8.73. The molecule has 0 heterocycles. The number of rotatable bonds is 6. The molecule has 1 aromatic carbocycles. The lowest BCUT2D eigenvalue weighted by molar-refractivity contribution is 0.0235. The van der Waals surface area contributed by atoms with Crippen molar-refractivity contribution in [2.75, 3.05) is 13.1 Å². The zero-order chi connectivity index (χ0) is 17.9. The molecule has 1 amide bonds. The Balaban J connectivity index is 1.87. The van der Waals surface area contributed by atoms with Crippen LogP contribution in [0.3, 0.4) is 0 Å². The molecular formula is C18H26ClFN2O2. The molecule has 1 N–H and O–H groups in total. The molecule has 1 aliphatic rings. The summed E-state index contributed by atoms with van der Waals surface area (Å²) < 4.78 is 18.6. The van der Waals surface area contributed by atoms with Crippen LogP contribution in [-0.2, 0) is 4.74 Å². The van der Waals surface area contributed by atoms with Crippen molar-refractivity contribution < 1.29 is 13.9 Å². The van der Waals surface area contributed by atoms with Gasteiger partial charge in [-0.3, -0.25) is 0 Å². The highest BCUT2D eigenvalue weighted by Gasteiger charge is 2.34. The van der Waals surface area contributed by atoms with Crippen LogP contribution >= 0.6 is 11.6 Å². The van der Waals surface area contributed by atoms with Crippen molar-refractivity contribution in [2.45, 2.75) is 58.2 Å². The molecule has 0 radical (unpaired) electrons. The van der Waals surface area contributed by atoms with E-state index < -0.39 is 5.60 Å². The number of benzene rings is 1. The monoisotopic (exact) mass is 356 g/mol. The quantitative estimate of drug-likeness (QED) is 0.814. The lowest BCUT2D eigenvalue weighted by Gasteiger charge is -2.28. The Morgan fingerprint density at radius 2 is 2.12 bits per heavy atom. The molecule has 1 unspecified atom stereocenters. The number of nitrogens with zero attached hydrogens (tertiary/aromatic N) is 1. The molecule has 1 aliphatic carbocycles. The minimum Gasteiger partial charge on any atom is -0.444 e. The molecule has 4 nitrogen and oxygen atoms in total. The number of ether oxygens (including phenoxy) is 1. The minimum atomic E-state index is -0.493. The predicted octanol–water partition coefficient (Wildman–Crippen LogP) is 4.53. The Morgan fingerprint density at radius 3 is 2.67 bits per heavy atom. The number of amides is 1. The van der Waals surface area contributed by atoms with Gasteiger partial charge in [0, 0.05) is 30.2 Å². The van der Waals surface area contributed by atoms with Gasteiger partial charge in [-0.2, -0.15) is 0 Å². The third-order valence-corrected chi connectivity index (χ3v) is 4.18. The third kappa shape index (κ3) is 5.64. The van der Waals surface area contributed by atoms with E-state index in [-0.39, 0.29) is 24.0 Å². The Labute approximate surface area is 148 Å². The highest BCUT2D eigenvalue weighted by molar-refractivity contribution is 6.31. The van der Waals surface area contributed by atoms with Crippen LogP contribution in [0.1, 0.15) is 52.1 Å². The van der Waals surface area contributed by atoms with Crippen molar-refractivity contribution in [3.05, 3.63) is 34.6 Å². The van der Waals surface area contributed by atoms with Gasteiger partial charge in [0.25, 0.3) is 0 Å². The summed E-state index contributed by atoms with van der Waals surface area (Å²) in [6, 6.07) is 4.65. The number of hydrogen-bond acceptors (Lipinski definition) is 3. The molecule has 1 saturated carbocycles. The molecule has 24 heavy (non-hydrogen) atoms. The maximum Gasteiger partial charge on any atom is 0.410 e. The summed E-state index contributed by atoms with van der Waals surface area (Å²) in [7, 11) is 0. The SMILES string of the molecule is CC(NCCN(C(=O)OC(C)(C)C)C1CC1)c1ccc(F)cc1Cl. The van der Waals surface area contributed by atoms with E-state index in [0.29, 0.717) is 18.1 Å². The van der Waals surface area contributed by atoms with Crippen molar-refractivity contribution >= 4 is 17.7 Å². The Hall–Kier alpha value is -1.33. The smallest absolute Gasteiger partial charge is 0.410 e. The van der Waals surface area contributed by atoms with E-state index >= 15 is 0 Å². The van der Waals surface area contributed by atoms with E-state index in [1.165, 1.54) is 12.1 Å². The van der Waals surface area contributed by atoms with E-state index in [0.717, 1.165) is 18.4 Å². The van der Waals surface area contributed by atoms with Crippen molar-refractivity contribution in [2.24, 2.45) is 0 Å². The molecule has 0 bridgehead atoms. The van der Waals surface area contributed by atoms with Crippen LogP contribution in [0.15, 0.2) is 18.2 Å². The summed E-state index contributed by atoms with van der Waals surface area (Å²) >= 11 is 6.08. The third-order valence-electron chi connectivity index (χ3n) is 3.85. The number of carbonyl (C=O) groups excluding carboxylic acids is 1. The number of halogens is 2. The second-order valence-electron chi connectivity index (χ2n) is 7.25. The van der Waals surface area contributed by atoms with Crippen LogP contribution in [0.5, 0.6) is 0 Å². The Morgan fingerprint density at radius 1 is 1.46 bits per heavy atom. The number of carbonyl (C=O) groups is 1. The molecule has 134 valence electrons. The maximum atomic E-state index is 13.1. The van der Waals surface area contributed by atoms with Crippen LogP contribution in [-0.4, -0.2) is 35.7 Å². The van der Waals surface area contributed by atoms with Crippen LogP contribution in [0, 0.1) is 5.82 Å². The zero-order valence-corrected chi connectivity index (χ0v) is 15.5. The van der Waals surface area contributed by atoms with Gasteiger partial charge in [0.15, 0.2) is 0 Å². The van der Waals surface area contributed by atoms with Crippen LogP contribution in [0.2, 0.25) is 5.02 Å². The minimum absolute atomic E-state index is 0.0298. The first-order valence-electron chi connectivity index (χ1n) is 8.35. The topological polar surface area (TPSA) is 41.6 Å². The van der Waals surface area contributed by atoms with Gasteiger partial charge in [0.05, 0.1) is 0 Å². The van der Waals surface area contributed by atoms with Gasteiger partial charge in [0.1, 0.15) is 11.4 Å². The second kappa shape index (κ2) is 7.70. The number of nitrogens with one attached hydrogen (secondary N) is 1. The van der Waals surface area contributed by atoms with Crippen molar-refractivity contribution in [1.82, 2.24) is 10.2 Å². The van der Waals surface area contributed by atoms with Gasteiger partial charge in [0.2, 0.25) is 0 Å². The molecule has 0 saturated heterocycles. The normalized spacial score (nSPS) is 15.9. The molecular weight excluding hydrogens is 331 g/mol. The molecule has 1 atom stereocenters. The highest BCUT2D eigenvalue weighted by Crippen LogP contribution is 2.28. The van der Waals surface area contributed by atoms with Crippen LogP contribution < -0.4 is 5.32 Å². The predicted molar refractivity (Wildman–Crippen MR) is 93.8 cm³/mol. The fourth-order valence-electron chi connectivity index (χ4n) is 2.49. The molecule has 6 heteroatoms. The average Bonchev–Trinajstić information content (AvgIpc) is 3.25. The summed E-state index contributed by atoms with van der Waals surface area (Å²) in [6.07, 6.45) is 1.79. The summed E-state index contributed by atoms with van der Waals surface area (Å²) in [5.41, 5.74) is 0.348. The number of hydrogen-bond donors (Lipinski definition) is 1. The van der Waals surface area contributed by atoms with Gasteiger partial charge >= 0.3 is 6.09 Å². The van der Waals surface area contributed by atoms with E-state index in [2.05, 4.69) is 5.32 Å². The molecule has 0 aliphatic heterocycles. The average molecular weight is 357 g/mol. The van der Waals surface area contributed by atoms with Crippen molar-refractivity contribution in [3.8, 4) is 0 Å². The largest absolute Gasteiger partial charge is 0.444 e. The summed E-state index contributed by atoms with van der Waals surface area (Å²) in [5, 5.41) is 3.74. The summed E-state index contributed by atoms with van der Waals surface area (Å²) in [4.78, 5) is 14.1. The maximum absolute atomic E-state index is 13.1. The van der Waals surface area contributed by atoms with E-state index in [1.54, 1.807) is 11.0 Å².